The second-order valence-corrected chi connectivity index (χ2v) is 8.00. The molecule has 0 amide bonds. The summed E-state index contributed by atoms with van der Waals surface area (Å²) in [6.07, 6.45) is 3.29. The second kappa shape index (κ2) is 6.24. The molecule has 5 nitrogen and oxygen atoms in total. The molecule has 0 radical (unpaired) electrons. The lowest BCUT2D eigenvalue weighted by Gasteiger charge is -2.26. The largest absolute Gasteiger partial charge is 0.342 e. The Bertz CT molecular complexity index is 1010. The Morgan fingerprint density at radius 3 is 2.80 bits per heavy atom. The second-order valence-electron chi connectivity index (χ2n) is 6.29. The van der Waals surface area contributed by atoms with Crippen molar-refractivity contribution < 1.29 is 12.8 Å². The number of aryl methyl sites for hydroxylation is 1. The predicted molar refractivity (Wildman–Crippen MR) is 93.4 cm³/mol. The van der Waals surface area contributed by atoms with Crippen molar-refractivity contribution >= 4 is 21.1 Å². The topological polar surface area (TPSA) is 64.0 Å². The van der Waals surface area contributed by atoms with Crippen LogP contribution in [0.4, 0.5) is 4.39 Å². The summed E-state index contributed by atoms with van der Waals surface area (Å²) in [7, 11) is -3.63. The summed E-state index contributed by atoms with van der Waals surface area (Å²) in [5, 5.41) is 0. The van der Waals surface area contributed by atoms with Crippen molar-refractivity contribution in [2.24, 2.45) is 0 Å². The van der Waals surface area contributed by atoms with Crippen LogP contribution in [0.15, 0.2) is 53.6 Å². The summed E-state index contributed by atoms with van der Waals surface area (Å²) in [6.45, 7) is -0.0276. The Kier molecular flexibility index (Phi) is 4.05. The molecule has 1 atom stereocenters. The average molecular weight is 359 g/mol. The van der Waals surface area contributed by atoms with Crippen LogP contribution in [0.3, 0.4) is 0 Å². The predicted octanol–water partition coefficient (Wildman–Crippen LogP) is 2.80. The molecule has 1 N–H and O–H groups in total. The van der Waals surface area contributed by atoms with Crippen LogP contribution in [0.1, 0.15) is 17.7 Å². The molecular formula is C18H18FN3O2S. The van der Waals surface area contributed by atoms with Gasteiger partial charge in [-0.3, -0.25) is 4.98 Å². The molecule has 130 valence electrons. The molecule has 3 aromatic rings. The van der Waals surface area contributed by atoms with Gasteiger partial charge < -0.3 is 4.57 Å². The number of aromatic nitrogens is 2. The number of hydrogen-bond acceptors (Lipinski definition) is 3. The summed E-state index contributed by atoms with van der Waals surface area (Å²) in [5.74, 6) is 0. The number of benzene rings is 1. The van der Waals surface area contributed by atoms with Crippen LogP contribution in [0.5, 0.6) is 0 Å². The van der Waals surface area contributed by atoms with Gasteiger partial charge in [-0.2, -0.15) is 0 Å². The van der Waals surface area contributed by atoms with Gasteiger partial charge >= 0.3 is 0 Å². The van der Waals surface area contributed by atoms with E-state index in [2.05, 4.69) is 20.3 Å². The maximum absolute atomic E-state index is 12.6. The van der Waals surface area contributed by atoms with Gasteiger partial charge in [-0.05, 0) is 48.7 Å². The lowest BCUT2D eigenvalue weighted by Crippen LogP contribution is -2.40. The van der Waals surface area contributed by atoms with E-state index in [0.717, 1.165) is 23.9 Å². The van der Waals surface area contributed by atoms with Gasteiger partial charge in [0.05, 0.1) is 15.9 Å². The highest BCUT2D eigenvalue weighted by molar-refractivity contribution is 7.89. The molecule has 25 heavy (non-hydrogen) atoms. The normalized spacial score (nSPS) is 17.6. The van der Waals surface area contributed by atoms with Crippen LogP contribution in [0, 0.1) is 0 Å². The molecule has 7 heteroatoms. The number of nitrogens with zero attached hydrogens (tertiary/aromatic N) is 2. The fraction of sp³-hybridized carbons (Fsp3) is 0.278. The number of rotatable bonds is 4. The van der Waals surface area contributed by atoms with Gasteiger partial charge in [0.2, 0.25) is 10.0 Å². The third-order valence-electron chi connectivity index (χ3n) is 4.62. The Morgan fingerprint density at radius 1 is 1.24 bits per heavy atom. The fourth-order valence-corrected chi connectivity index (χ4v) is 4.60. The first-order valence-corrected chi connectivity index (χ1v) is 9.65. The molecule has 4 rings (SSSR count). The SMILES string of the molecule is O=S(=O)(NC1CCc2cc3ncccc3n2C1)c1ccc(CF)cc1. The van der Waals surface area contributed by atoms with Gasteiger partial charge in [0, 0.05) is 24.5 Å². The zero-order chi connectivity index (χ0) is 17.4. The number of hydrogen-bond donors (Lipinski definition) is 1. The van der Waals surface area contributed by atoms with Crippen molar-refractivity contribution in [2.45, 2.75) is 37.0 Å². The minimum Gasteiger partial charge on any atom is -0.342 e. The van der Waals surface area contributed by atoms with E-state index >= 15 is 0 Å². The van der Waals surface area contributed by atoms with Crippen molar-refractivity contribution in [3.05, 3.63) is 59.9 Å². The van der Waals surface area contributed by atoms with Crippen LogP contribution >= 0.6 is 0 Å². The Labute approximate surface area is 145 Å². The van der Waals surface area contributed by atoms with Crippen molar-refractivity contribution in [1.29, 1.82) is 0 Å². The molecule has 0 saturated carbocycles. The van der Waals surface area contributed by atoms with Gasteiger partial charge in [-0.15, -0.1) is 0 Å². The maximum Gasteiger partial charge on any atom is 0.240 e. The lowest BCUT2D eigenvalue weighted by molar-refractivity contribution is 0.433. The van der Waals surface area contributed by atoms with E-state index in [1.54, 1.807) is 6.20 Å². The smallest absolute Gasteiger partial charge is 0.240 e. The summed E-state index contributed by atoms with van der Waals surface area (Å²) in [4.78, 5) is 4.52. The first-order chi connectivity index (χ1) is 12.1. The molecule has 0 spiro atoms. The first kappa shape index (κ1) is 16.2. The molecule has 0 bridgehead atoms. The average Bonchev–Trinajstić information content (AvgIpc) is 2.99. The van der Waals surface area contributed by atoms with E-state index in [0.29, 0.717) is 12.1 Å². The minimum atomic E-state index is -3.63. The molecular weight excluding hydrogens is 341 g/mol. The van der Waals surface area contributed by atoms with E-state index in [-0.39, 0.29) is 10.9 Å². The number of halogens is 1. The Balaban J connectivity index is 1.57. The van der Waals surface area contributed by atoms with E-state index in [9.17, 15) is 12.8 Å². The highest BCUT2D eigenvalue weighted by Crippen LogP contribution is 2.25. The van der Waals surface area contributed by atoms with Crippen LogP contribution in [0.2, 0.25) is 0 Å². The first-order valence-electron chi connectivity index (χ1n) is 8.17. The Hall–Kier alpha value is -2.25. The van der Waals surface area contributed by atoms with Gasteiger partial charge in [0.25, 0.3) is 0 Å². The highest BCUT2D eigenvalue weighted by Gasteiger charge is 2.25. The van der Waals surface area contributed by atoms with Crippen LogP contribution in [-0.2, 0) is 29.7 Å². The van der Waals surface area contributed by atoms with Crippen LogP contribution in [-0.4, -0.2) is 24.0 Å². The quantitative estimate of drug-likeness (QED) is 0.779. The molecule has 1 aliphatic heterocycles. The highest BCUT2D eigenvalue weighted by atomic mass is 32.2. The lowest BCUT2D eigenvalue weighted by atomic mass is 10.1. The van der Waals surface area contributed by atoms with Gasteiger partial charge in [0.15, 0.2) is 0 Å². The third-order valence-corrected chi connectivity index (χ3v) is 6.16. The third kappa shape index (κ3) is 3.05. The van der Waals surface area contributed by atoms with Crippen molar-refractivity contribution in [3.8, 4) is 0 Å². The van der Waals surface area contributed by atoms with Gasteiger partial charge in [0.1, 0.15) is 6.67 Å². The number of fused-ring (bicyclic) bond motifs is 3. The fourth-order valence-electron chi connectivity index (χ4n) is 3.34. The zero-order valence-corrected chi connectivity index (χ0v) is 14.3. The molecule has 0 fully saturated rings. The van der Waals surface area contributed by atoms with E-state index in [4.69, 9.17) is 0 Å². The summed E-state index contributed by atoms with van der Waals surface area (Å²) < 4.78 is 42.7. The van der Waals surface area contributed by atoms with Crippen molar-refractivity contribution in [3.63, 3.8) is 0 Å². The standard InChI is InChI=1S/C18H18FN3O2S/c19-11-13-3-7-16(8-4-13)25(23,24)21-14-5-6-15-10-17-18(22(15)12-14)2-1-9-20-17/h1-4,7-10,14,21H,5-6,11-12H2. The zero-order valence-electron chi connectivity index (χ0n) is 13.5. The molecule has 2 aromatic heterocycles. The van der Waals surface area contributed by atoms with E-state index in [1.165, 1.54) is 30.0 Å². The van der Waals surface area contributed by atoms with Crippen LogP contribution < -0.4 is 4.72 Å². The number of pyridine rings is 1. The summed E-state index contributed by atoms with van der Waals surface area (Å²) in [6, 6.07) is 11.6. The molecule has 1 unspecified atom stereocenters. The van der Waals surface area contributed by atoms with Crippen molar-refractivity contribution in [2.75, 3.05) is 0 Å². The molecule has 1 aromatic carbocycles. The molecule has 0 aliphatic carbocycles. The number of alkyl halides is 1. The van der Waals surface area contributed by atoms with E-state index in [1.807, 2.05) is 12.1 Å². The van der Waals surface area contributed by atoms with Crippen molar-refractivity contribution in [1.82, 2.24) is 14.3 Å². The van der Waals surface area contributed by atoms with Crippen LogP contribution in [0.25, 0.3) is 11.0 Å². The number of sulfonamides is 1. The molecule has 3 heterocycles. The maximum atomic E-state index is 12.6. The van der Waals surface area contributed by atoms with Gasteiger partial charge in [-0.1, -0.05) is 12.1 Å². The summed E-state index contributed by atoms with van der Waals surface area (Å²) >= 11 is 0. The number of nitrogens with one attached hydrogen (secondary N) is 1. The molecule has 1 aliphatic rings. The monoisotopic (exact) mass is 359 g/mol. The Morgan fingerprint density at radius 2 is 2.04 bits per heavy atom. The van der Waals surface area contributed by atoms with Gasteiger partial charge in [-0.25, -0.2) is 17.5 Å². The molecule has 0 saturated heterocycles. The van der Waals surface area contributed by atoms with E-state index < -0.39 is 16.7 Å². The minimum absolute atomic E-state index is 0.162. The summed E-state index contributed by atoms with van der Waals surface area (Å²) in [5.41, 5.74) is 3.60.